The number of carbonyl (C=O) groups excluding carboxylic acids is 1. The molecule has 0 saturated carbocycles. The molecule has 4 aromatic rings. The van der Waals surface area contributed by atoms with Crippen LogP contribution in [-0.2, 0) is 0 Å². The van der Waals surface area contributed by atoms with Crippen LogP contribution in [0.25, 0.3) is 5.70 Å². The Morgan fingerprint density at radius 2 is 1.68 bits per heavy atom. The molecule has 1 aromatic heterocycles. The molecule has 9 nitrogen and oxygen atoms in total. The maximum atomic E-state index is 13.5. The molecule has 2 heterocycles. The van der Waals surface area contributed by atoms with Gasteiger partial charge >= 0.3 is 0 Å². The van der Waals surface area contributed by atoms with E-state index in [9.17, 15) is 4.79 Å². The predicted molar refractivity (Wildman–Crippen MR) is 155 cm³/mol. The number of nitrogens with zero attached hydrogens (tertiary/aromatic N) is 2. The highest BCUT2D eigenvalue weighted by atomic mass is 16.5. The molecule has 0 unspecified atom stereocenters. The molecule has 5 rings (SSSR count). The second-order valence-corrected chi connectivity index (χ2v) is 9.20. The highest BCUT2D eigenvalue weighted by Crippen LogP contribution is 2.45. The van der Waals surface area contributed by atoms with Gasteiger partial charge in [0.15, 0.2) is 11.5 Å². The third kappa shape index (κ3) is 5.05. The SMILES string of the molecule is CCOc1ccc(NC(=O)c2cnn3c2NC(c2ccc(C)cc2)=C[C@@H]3c2ccc(OC)c(OC)c2OC)cc1. The van der Waals surface area contributed by atoms with Gasteiger partial charge in [0.1, 0.15) is 23.2 Å². The summed E-state index contributed by atoms with van der Waals surface area (Å²) in [5, 5.41) is 11.0. The normalized spacial score (nSPS) is 13.9. The van der Waals surface area contributed by atoms with Crippen LogP contribution in [0.5, 0.6) is 23.0 Å². The lowest BCUT2D eigenvalue weighted by Gasteiger charge is -2.28. The third-order valence-corrected chi connectivity index (χ3v) is 6.72. The van der Waals surface area contributed by atoms with Gasteiger partial charge in [0.2, 0.25) is 5.75 Å². The van der Waals surface area contributed by atoms with Crippen LogP contribution in [0.2, 0.25) is 0 Å². The molecule has 9 heteroatoms. The van der Waals surface area contributed by atoms with E-state index in [-0.39, 0.29) is 5.91 Å². The Balaban J connectivity index is 1.58. The summed E-state index contributed by atoms with van der Waals surface area (Å²) < 4.78 is 24.2. The number of aromatic nitrogens is 2. The monoisotopic (exact) mass is 540 g/mol. The molecule has 2 N–H and O–H groups in total. The first kappa shape index (κ1) is 26.7. The van der Waals surface area contributed by atoms with Gasteiger partial charge in [0, 0.05) is 16.9 Å². The van der Waals surface area contributed by atoms with Crippen LogP contribution in [0.4, 0.5) is 11.5 Å². The number of fused-ring (bicyclic) bond motifs is 1. The number of carbonyl (C=O) groups is 1. The fourth-order valence-electron chi connectivity index (χ4n) is 4.74. The number of ether oxygens (including phenoxy) is 4. The van der Waals surface area contributed by atoms with Crippen molar-refractivity contribution in [1.29, 1.82) is 0 Å². The summed E-state index contributed by atoms with van der Waals surface area (Å²) in [5.74, 6) is 2.56. The molecular weight excluding hydrogens is 508 g/mol. The molecule has 0 bridgehead atoms. The summed E-state index contributed by atoms with van der Waals surface area (Å²) in [6.07, 6.45) is 3.63. The van der Waals surface area contributed by atoms with Gasteiger partial charge in [0.05, 0.1) is 34.1 Å². The van der Waals surface area contributed by atoms with Gasteiger partial charge < -0.3 is 29.6 Å². The summed E-state index contributed by atoms with van der Waals surface area (Å²) in [7, 11) is 4.74. The van der Waals surface area contributed by atoms with Crippen molar-refractivity contribution < 1.29 is 23.7 Å². The van der Waals surface area contributed by atoms with E-state index >= 15 is 0 Å². The zero-order chi connectivity index (χ0) is 28.2. The number of methoxy groups -OCH3 is 3. The second kappa shape index (κ2) is 11.4. The molecule has 1 aliphatic rings. The van der Waals surface area contributed by atoms with Crippen molar-refractivity contribution in [2.24, 2.45) is 0 Å². The third-order valence-electron chi connectivity index (χ3n) is 6.72. The highest BCUT2D eigenvalue weighted by molar-refractivity contribution is 6.08. The molecule has 0 radical (unpaired) electrons. The van der Waals surface area contributed by atoms with Gasteiger partial charge in [-0.05, 0) is 61.9 Å². The average molecular weight is 541 g/mol. The van der Waals surface area contributed by atoms with Crippen molar-refractivity contribution in [1.82, 2.24) is 9.78 Å². The van der Waals surface area contributed by atoms with E-state index in [4.69, 9.17) is 18.9 Å². The van der Waals surface area contributed by atoms with Crippen LogP contribution < -0.4 is 29.6 Å². The Bertz CT molecular complexity index is 1540. The molecule has 0 aliphatic carbocycles. The topological polar surface area (TPSA) is 95.9 Å². The zero-order valence-corrected chi connectivity index (χ0v) is 23.1. The molecule has 3 aromatic carbocycles. The lowest BCUT2D eigenvalue weighted by molar-refractivity contribution is 0.102. The first-order valence-corrected chi connectivity index (χ1v) is 12.9. The molecule has 1 aliphatic heterocycles. The van der Waals surface area contributed by atoms with Crippen molar-refractivity contribution in [3.05, 3.63) is 95.2 Å². The van der Waals surface area contributed by atoms with E-state index in [0.717, 1.165) is 28.1 Å². The zero-order valence-electron chi connectivity index (χ0n) is 23.1. The van der Waals surface area contributed by atoms with Crippen LogP contribution >= 0.6 is 0 Å². The number of allylic oxidation sites excluding steroid dienone is 1. The Kier molecular flexibility index (Phi) is 7.63. The molecule has 40 heavy (non-hydrogen) atoms. The quantitative estimate of drug-likeness (QED) is 0.272. The van der Waals surface area contributed by atoms with Crippen LogP contribution in [0, 0.1) is 6.92 Å². The standard InChI is InChI=1S/C31H32N4O5/c1-6-40-22-13-11-21(12-14-22)33-31(36)24-18-32-35-26(23-15-16-27(37-3)29(39-5)28(23)38-4)17-25(34-30(24)35)20-9-7-19(2)8-10-20/h7-18,26,34H,6H2,1-5H3,(H,33,36)/t26-/m1/s1. The Labute approximate surface area is 233 Å². The van der Waals surface area contributed by atoms with Gasteiger partial charge in [-0.2, -0.15) is 5.10 Å². The van der Waals surface area contributed by atoms with Gasteiger partial charge in [-0.25, -0.2) is 4.68 Å². The van der Waals surface area contributed by atoms with Crippen LogP contribution in [0.1, 0.15) is 40.0 Å². The van der Waals surface area contributed by atoms with Crippen molar-refractivity contribution >= 4 is 23.1 Å². The highest BCUT2D eigenvalue weighted by Gasteiger charge is 2.31. The fraction of sp³-hybridized carbons (Fsp3) is 0.226. The average Bonchev–Trinajstić information content (AvgIpc) is 3.41. The number of rotatable bonds is 9. The van der Waals surface area contributed by atoms with Crippen molar-refractivity contribution in [2.75, 3.05) is 38.6 Å². The van der Waals surface area contributed by atoms with Gasteiger partial charge in [-0.15, -0.1) is 0 Å². The van der Waals surface area contributed by atoms with Crippen LogP contribution in [0.15, 0.2) is 72.9 Å². The molecule has 0 fully saturated rings. The lowest BCUT2D eigenvalue weighted by atomic mass is 9.99. The summed E-state index contributed by atoms with van der Waals surface area (Å²) >= 11 is 0. The van der Waals surface area contributed by atoms with E-state index in [1.807, 2.05) is 50.2 Å². The van der Waals surface area contributed by atoms with Crippen molar-refractivity contribution in [3.63, 3.8) is 0 Å². The first-order valence-electron chi connectivity index (χ1n) is 12.9. The maximum Gasteiger partial charge on any atom is 0.261 e. The van der Waals surface area contributed by atoms with E-state index in [2.05, 4.69) is 33.9 Å². The maximum absolute atomic E-state index is 13.5. The molecule has 1 amide bonds. The Morgan fingerprint density at radius 1 is 0.950 bits per heavy atom. The van der Waals surface area contributed by atoms with E-state index in [0.29, 0.717) is 40.9 Å². The molecule has 0 saturated heterocycles. The lowest BCUT2D eigenvalue weighted by Crippen LogP contribution is -2.22. The van der Waals surface area contributed by atoms with Gasteiger partial charge in [-0.3, -0.25) is 4.79 Å². The minimum Gasteiger partial charge on any atom is -0.494 e. The van der Waals surface area contributed by atoms with Gasteiger partial charge in [-0.1, -0.05) is 29.8 Å². The number of hydrogen-bond acceptors (Lipinski definition) is 7. The largest absolute Gasteiger partial charge is 0.494 e. The molecular formula is C31H32N4O5. The number of benzene rings is 3. The Hall–Kier alpha value is -4.92. The number of anilines is 2. The summed E-state index contributed by atoms with van der Waals surface area (Å²) in [4.78, 5) is 13.5. The second-order valence-electron chi connectivity index (χ2n) is 9.20. The fourth-order valence-corrected chi connectivity index (χ4v) is 4.74. The Morgan fingerprint density at radius 3 is 2.33 bits per heavy atom. The summed E-state index contributed by atoms with van der Waals surface area (Å²) in [6, 6.07) is 18.8. The van der Waals surface area contributed by atoms with Crippen LogP contribution in [-0.4, -0.2) is 43.6 Å². The number of amides is 1. The first-order chi connectivity index (χ1) is 19.5. The van der Waals surface area contributed by atoms with Crippen molar-refractivity contribution in [3.8, 4) is 23.0 Å². The minimum atomic E-state index is -0.408. The van der Waals surface area contributed by atoms with Crippen molar-refractivity contribution in [2.45, 2.75) is 19.9 Å². The minimum absolute atomic E-state index is 0.291. The van der Waals surface area contributed by atoms with Gasteiger partial charge in [0.25, 0.3) is 5.91 Å². The molecule has 1 atom stereocenters. The van der Waals surface area contributed by atoms with E-state index in [1.165, 1.54) is 0 Å². The van der Waals surface area contributed by atoms with E-state index < -0.39 is 6.04 Å². The van der Waals surface area contributed by atoms with Crippen LogP contribution in [0.3, 0.4) is 0 Å². The molecule has 206 valence electrons. The van der Waals surface area contributed by atoms with E-state index in [1.54, 1.807) is 44.3 Å². The molecule has 0 spiro atoms. The predicted octanol–water partition coefficient (Wildman–Crippen LogP) is 5.92. The number of hydrogen-bond donors (Lipinski definition) is 2. The number of nitrogens with one attached hydrogen (secondary N) is 2. The summed E-state index contributed by atoms with van der Waals surface area (Å²) in [6.45, 7) is 4.54. The smallest absolute Gasteiger partial charge is 0.261 e. The summed E-state index contributed by atoms with van der Waals surface area (Å²) in [5.41, 5.74) is 4.81. The number of aryl methyl sites for hydroxylation is 1.